The molecule has 2 heterocycles. The Morgan fingerprint density at radius 3 is 1.70 bits per heavy atom. The summed E-state index contributed by atoms with van der Waals surface area (Å²) in [5.41, 5.74) is 2.55. The minimum Gasteiger partial charge on any atom is -0.462 e. The van der Waals surface area contributed by atoms with Gasteiger partial charge < -0.3 is 14.5 Å². The molecule has 3 rings (SSSR count). The fraction of sp³-hybridized carbons (Fsp3) is 0.541. The number of ether oxygens (including phenoxy) is 1. The first-order valence-corrected chi connectivity index (χ1v) is 15.5. The normalized spacial score (nSPS) is 19.0. The summed E-state index contributed by atoms with van der Waals surface area (Å²) >= 11 is 0. The van der Waals surface area contributed by atoms with Crippen LogP contribution in [-0.4, -0.2) is 58.1 Å². The zero-order valence-corrected chi connectivity index (χ0v) is 28.3. The molecule has 6 heteroatoms. The molecule has 0 saturated carbocycles. The molecule has 0 amide bonds. The van der Waals surface area contributed by atoms with Crippen molar-refractivity contribution in [2.24, 2.45) is 10.8 Å². The molecule has 0 spiro atoms. The van der Waals surface area contributed by atoms with E-state index in [4.69, 9.17) is 4.74 Å². The molecule has 2 aliphatic rings. The van der Waals surface area contributed by atoms with Crippen molar-refractivity contribution in [2.75, 3.05) is 19.7 Å². The number of ketones is 2. The van der Waals surface area contributed by atoms with Crippen LogP contribution in [0.3, 0.4) is 0 Å². The molecule has 0 saturated heterocycles. The highest BCUT2D eigenvalue weighted by Crippen LogP contribution is 2.38. The fourth-order valence-corrected chi connectivity index (χ4v) is 5.44. The van der Waals surface area contributed by atoms with Crippen LogP contribution in [0.15, 0.2) is 53.9 Å². The Labute approximate surface area is 259 Å². The second-order valence-electron chi connectivity index (χ2n) is 15.0. The summed E-state index contributed by atoms with van der Waals surface area (Å²) in [4.78, 5) is 44.2. The number of rotatable bonds is 8. The highest BCUT2D eigenvalue weighted by molar-refractivity contribution is 6.08. The van der Waals surface area contributed by atoms with E-state index in [0.29, 0.717) is 16.7 Å². The van der Waals surface area contributed by atoms with Gasteiger partial charge in [-0.1, -0.05) is 52.0 Å². The van der Waals surface area contributed by atoms with Crippen molar-refractivity contribution < 1.29 is 19.1 Å². The number of carbonyl (C=O) groups is 3. The molecule has 0 atom stereocenters. The molecule has 0 N–H and O–H groups in total. The van der Waals surface area contributed by atoms with Crippen molar-refractivity contribution in [1.29, 1.82) is 0 Å². The lowest BCUT2D eigenvalue weighted by Crippen LogP contribution is -2.44. The molecule has 0 radical (unpaired) electrons. The van der Waals surface area contributed by atoms with E-state index in [9.17, 15) is 14.4 Å². The van der Waals surface area contributed by atoms with Crippen LogP contribution in [0.5, 0.6) is 0 Å². The van der Waals surface area contributed by atoms with E-state index in [0.717, 1.165) is 37.1 Å². The van der Waals surface area contributed by atoms with Gasteiger partial charge in [0.25, 0.3) is 0 Å². The molecule has 0 fully saturated rings. The van der Waals surface area contributed by atoms with Gasteiger partial charge in [0.1, 0.15) is 0 Å². The third kappa shape index (κ3) is 8.36. The van der Waals surface area contributed by atoms with Crippen molar-refractivity contribution in [3.8, 4) is 0 Å². The molecule has 1 aromatic carbocycles. The minimum absolute atomic E-state index is 0.0427. The zero-order valence-electron chi connectivity index (χ0n) is 28.3. The van der Waals surface area contributed by atoms with E-state index < -0.39 is 5.97 Å². The number of hydrogen-bond donors (Lipinski definition) is 0. The standard InChI is InChI=1S/C37H52N2O4/c1-12-43-33(42)28-23-26(14-17-31(40)29-24-38(34(2,3)4)21-19-36(29,8)9)13-15-27(28)16-18-32(41)30-25-39(35(5,6)7)22-20-37(30,10)11/h13-18,23-25H,12,19-22H2,1-11H3/b17-14+,18-16+. The number of benzene rings is 1. The summed E-state index contributed by atoms with van der Waals surface area (Å²) in [6, 6.07) is 5.37. The van der Waals surface area contributed by atoms with Gasteiger partial charge in [-0.25, -0.2) is 4.79 Å². The van der Waals surface area contributed by atoms with Crippen molar-refractivity contribution in [3.63, 3.8) is 0 Å². The summed E-state index contributed by atoms with van der Waals surface area (Å²) in [6.07, 6.45) is 12.4. The number of carbonyl (C=O) groups excluding carboxylic acids is 3. The van der Waals surface area contributed by atoms with E-state index in [1.54, 1.807) is 43.4 Å². The van der Waals surface area contributed by atoms with Gasteiger partial charge >= 0.3 is 5.97 Å². The number of esters is 1. The van der Waals surface area contributed by atoms with E-state index in [1.165, 1.54) is 0 Å². The third-order valence-corrected chi connectivity index (χ3v) is 8.65. The number of nitrogens with zero attached hydrogens (tertiary/aromatic N) is 2. The van der Waals surface area contributed by atoms with Crippen LogP contribution in [0.1, 0.15) is 110 Å². The van der Waals surface area contributed by atoms with Gasteiger partial charge in [-0.05, 0) is 101 Å². The molecule has 2 aliphatic heterocycles. The van der Waals surface area contributed by atoms with Gasteiger partial charge in [0.2, 0.25) is 0 Å². The predicted octanol–water partition coefficient (Wildman–Crippen LogP) is 7.86. The first kappa shape index (κ1) is 34.1. The molecule has 43 heavy (non-hydrogen) atoms. The van der Waals surface area contributed by atoms with Crippen LogP contribution in [0.4, 0.5) is 0 Å². The Bertz CT molecular complexity index is 1360. The molecule has 0 bridgehead atoms. The van der Waals surface area contributed by atoms with Crippen molar-refractivity contribution in [2.45, 2.75) is 100 Å². The Morgan fingerprint density at radius 1 is 0.791 bits per heavy atom. The maximum absolute atomic E-state index is 13.4. The molecular formula is C37H52N2O4. The largest absolute Gasteiger partial charge is 0.462 e. The Balaban J connectivity index is 1.91. The second kappa shape index (κ2) is 12.7. The van der Waals surface area contributed by atoms with E-state index in [1.807, 2.05) is 18.5 Å². The molecule has 1 aromatic rings. The van der Waals surface area contributed by atoms with Gasteiger partial charge in [-0.15, -0.1) is 0 Å². The van der Waals surface area contributed by atoms with Gasteiger partial charge in [0.15, 0.2) is 11.6 Å². The lowest BCUT2D eigenvalue weighted by atomic mass is 9.76. The highest BCUT2D eigenvalue weighted by Gasteiger charge is 2.36. The van der Waals surface area contributed by atoms with Crippen molar-refractivity contribution in [1.82, 2.24) is 9.80 Å². The molecule has 0 unspecified atom stereocenters. The van der Waals surface area contributed by atoms with Crippen molar-refractivity contribution in [3.05, 3.63) is 70.6 Å². The average molecular weight is 589 g/mol. The highest BCUT2D eigenvalue weighted by atomic mass is 16.5. The molecular weight excluding hydrogens is 536 g/mol. The summed E-state index contributed by atoms with van der Waals surface area (Å²) in [5.74, 6) is -0.584. The third-order valence-electron chi connectivity index (χ3n) is 8.65. The smallest absolute Gasteiger partial charge is 0.338 e. The van der Waals surface area contributed by atoms with Crippen LogP contribution in [-0.2, 0) is 14.3 Å². The van der Waals surface area contributed by atoms with Crippen LogP contribution in [0.2, 0.25) is 0 Å². The van der Waals surface area contributed by atoms with Gasteiger partial charge in [0.05, 0.1) is 12.2 Å². The Kier molecular flexibility index (Phi) is 10.0. The first-order chi connectivity index (χ1) is 19.8. The van der Waals surface area contributed by atoms with Gasteiger partial charge in [-0.3, -0.25) is 9.59 Å². The van der Waals surface area contributed by atoms with E-state index in [-0.39, 0.29) is 40.1 Å². The van der Waals surface area contributed by atoms with Crippen molar-refractivity contribution >= 4 is 29.7 Å². The quantitative estimate of drug-likeness (QED) is 0.228. The Hall–Kier alpha value is -3.41. The van der Waals surface area contributed by atoms with Crippen LogP contribution in [0.25, 0.3) is 12.2 Å². The zero-order chi connectivity index (χ0) is 32.4. The number of allylic oxidation sites excluding steroid dienone is 4. The maximum atomic E-state index is 13.4. The van der Waals surface area contributed by atoms with E-state index >= 15 is 0 Å². The van der Waals surface area contributed by atoms with E-state index in [2.05, 4.69) is 79.0 Å². The summed E-state index contributed by atoms with van der Waals surface area (Å²) in [5, 5.41) is 0. The molecule has 234 valence electrons. The molecule has 6 nitrogen and oxygen atoms in total. The lowest BCUT2D eigenvalue weighted by Gasteiger charge is -2.43. The predicted molar refractivity (Wildman–Crippen MR) is 176 cm³/mol. The summed E-state index contributed by atoms with van der Waals surface area (Å²) in [7, 11) is 0. The van der Waals surface area contributed by atoms with Crippen LogP contribution in [0, 0.1) is 10.8 Å². The van der Waals surface area contributed by atoms with Crippen LogP contribution < -0.4 is 0 Å². The number of hydrogen-bond acceptors (Lipinski definition) is 6. The Morgan fingerprint density at radius 2 is 1.26 bits per heavy atom. The van der Waals surface area contributed by atoms with Gasteiger partial charge in [-0.2, -0.15) is 0 Å². The van der Waals surface area contributed by atoms with Crippen LogP contribution >= 0.6 is 0 Å². The van der Waals surface area contributed by atoms with Gasteiger partial charge in [0, 0.05) is 47.7 Å². The topological polar surface area (TPSA) is 66.9 Å². The maximum Gasteiger partial charge on any atom is 0.338 e. The fourth-order valence-electron chi connectivity index (χ4n) is 5.44. The average Bonchev–Trinajstić information content (AvgIpc) is 2.88. The lowest BCUT2D eigenvalue weighted by molar-refractivity contribution is -0.113. The monoisotopic (exact) mass is 588 g/mol. The first-order valence-electron chi connectivity index (χ1n) is 15.5. The minimum atomic E-state index is -0.468. The second-order valence-corrected chi connectivity index (χ2v) is 15.0. The molecule has 0 aliphatic carbocycles. The SMILES string of the molecule is CCOC(=O)c1cc(/C=C/C(=O)C2=CN(C(C)(C)C)CCC2(C)C)ccc1/C=C/C(=O)C1=CN(C(C)(C)C)CCC1(C)C. The summed E-state index contributed by atoms with van der Waals surface area (Å²) < 4.78 is 5.34. The molecule has 0 aromatic heterocycles. The summed E-state index contributed by atoms with van der Waals surface area (Å²) in [6.45, 7) is 25.1.